The molecule has 6 heteroatoms. The fourth-order valence-electron chi connectivity index (χ4n) is 2.16. The Hall–Kier alpha value is -2.76. The summed E-state index contributed by atoms with van der Waals surface area (Å²) in [5.74, 6) is 0.413. The van der Waals surface area contributed by atoms with E-state index in [0.717, 1.165) is 11.1 Å². The van der Waals surface area contributed by atoms with Crippen LogP contribution in [0, 0.1) is 12.7 Å². The standard InChI is InChI=1S/C15H14FN5/c1-9-3-10(5-12(16)4-9)15-19-13(6-14(17)20-15)11-7-18-21(2)8-11/h3-8H,1-2H3,(H2,17,19,20). The average Bonchev–Trinajstić information content (AvgIpc) is 2.83. The molecular weight excluding hydrogens is 269 g/mol. The monoisotopic (exact) mass is 283 g/mol. The number of nitrogens with two attached hydrogens (primary N) is 1. The maximum atomic E-state index is 13.5. The summed E-state index contributed by atoms with van der Waals surface area (Å²) in [6.45, 7) is 1.82. The topological polar surface area (TPSA) is 69.6 Å². The minimum absolute atomic E-state index is 0.320. The highest BCUT2D eigenvalue weighted by molar-refractivity contribution is 5.66. The molecule has 0 bridgehead atoms. The number of nitrogen functional groups attached to an aromatic ring is 1. The highest BCUT2D eigenvalue weighted by Gasteiger charge is 2.10. The fourth-order valence-corrected chi connectivity index (χ4v) is 2.16. The van der Waals surface area contributed by atoms with Gasteiger partial charge in [0.15, 0.2) is 5.82 Å². The van der Waals surface area contributed by atoms with Crippen molar-refractivity contribution in [1.82, 2.24) is 19.7 Å². The smallest absolute Gasteiger partial charge is 0.162 e. The molecule has 21 heavy (non-hydrogen) atoms. The van der Waals surface area contributed by atoms with Crippen molar-refractivity contribution in [2.75, 3.05) is 5.73 Å². The number of aromatic nitrogens is 4. The van der Waals surface area contributed by atoms with E-state index in [9.17, 15) is 4.39 Å². The number of benzene rings is 1. The van der Waals surface area contributed by atoms with Gasteiger partial charge in [-0.2, -0.15) is 5.10 Å². The summed E-state index contributed by atoms with van der Waals surface area (Å²) in [4.78, 5) is 8.65. The van der Waals surface area contributed by atoms with E-state index in [0.29, 0.717) is 22.9 Å². The molecule has 3 rings (SSSR count). The molecule has 2 heterocycles. The van der Waals surface area contributed by atoms with Crippen LogP contribution in [0.5, 0.6) is 0 Å². The van der Waals surface area contributed by atoms with E-state index in [1.807, 2.05) is 26.2 Å². The summed E-state index contributed by atoms with van der Waals surface area (Å²) in [5.41, 5.74) is 8.75. The third-order valence-electron chi connectivity index (χ3n) is 3.05. The van der Waals surface area contributed by atoms with Gasteiger partial charge in [-0.15, -0.1) is 0 Å². The first kappa shape index (κ1) is 13.2. The van der Waals surface area contributed by atoms with E-state index in [2.05, 4.69) is 15.1 Å². The van der Waals surface area contributed by atoms with Crippen molar-refractivity contribution in [2.45, 2.75) is 6.92 Å². The van der Waals surface area contributed by atoms with Gasteiger partial charge in [-0.1, -0.05) is 0 Å². The Balaban J connectivity index is 2.13. The number of aryl methyl sites for hydroxylation is 2. The van der Waals surface area contributed by atoms with Crippen LogP contribution in [0.25, 0.3) is 22.6 Å². The zero-order valence-corrected chi connectivity index (χ0v) is 11.7. The number of anilines is 1. The van der Waals surface area contributed by atoms with Gasteiger partial charge in [-0.05, 0) is 30.7 Å². The van der Waals surface area contributed by atoms with Gasteiger partial charge < -0.3 is 5.73 Å². The molecule has 0 spiro atoms. The van der Waals surface area contributed by atoms with Crippen molar-refractivity contribution in [2.24, 2.45) is 7.05 Å². The third kappa shape index (κ3) is 2.74. The molecule has 3 aromatic rings. The molecular formula is C15H14FN5. The van der Waals surface area contributed by atoms with Crippen molar-refractivity contribution >= 4 is 5.82 Å². The normalized spacial score (nSPS) is 10.8. The van der Waals surface area contributed by atoms with E-state index in [1.54, 1.807) is 16.9 Å². The maximum Gasteiger partial charge on any atom is 0.162 e. The molecule has 0 amide bonds. The molecule has 5 nitrogen and oxygen atoms in total. The second kappa shape index (κ2) is 4.97. The van der Waals surface area contributed by atoms with Crippen molar-refractivity contribution in [3.8, 4) is 22.6 Å². The molecule has 0 saturated carbocycles. The Kier molecular flexibility index (Phi) is 3.13. The van der Waals surface area contributed by atoms with Gasteiger partial charge in [0.1, 0.15) is 11.6 Å². The van der Waals surface area contributed by atoms with Crippen LogP contribution in [0.15, 0.2) is 36.7 Å². The Bertz CT molecular complexity index is 789. The quantitative estimate of drug-likeness (QED) is 0.784. The lowest BCUT2D eigenvalue weighted by atomic mass is 10.1. The van der Waals surface area contributed by atoms with Gasteiger partial charge in [0.2, 0.25) is 0 Å². The first-order valence-corrected chi connectivity index (χ1v) is 6.42. The highest BCUT2D eigenvalue weighted by atomic mass is 19.1. The van der Waals surface area contributed by atoms with Crippen LogP contribution in [0.2, 0.25) is 0 Å². The third-order valence-corrected chi connectivity index (χ3v) is 3.05. The van der Waals surface area contributed by atoms with Crippen LogP contribution in [0.1, 0.15) is 5.56 Å². The summed E-state index contributed by atoms with van der Waals surface area (Å²) >= 11 is 0. The van der Waals surface area contributed by atoms with Gasteiger partial charge in [0.25, 0.3) is 0 Å². The molecule has 106 valence electrons. The Morgan fingerprint density at radius 3 is 2.57 bits per heavy atom. The minimum Gasteiger partial charge on any atom is -0.384 e. The zero-order valence-electron chi connectivity index (χ0n) is 11.7. The van der Waals surface area contributed by atoms with Crippen LogP contribution >= 0.6 is 0 Å². The molecule has 2 N–H and O–H groups in total. The number of hydrogen-bond donors (Lipinski definition) is 1. The van der Waals surface area contributed by atoms with Crippen LogP contribution in [0.3, 0.4) is 0 Å². The lowest BCUT2D eigenvalue weighted by Crippen LogP contribution is -1.98. The molecule has 1 aromatic carbocycles. The highest BCUT2D eigenvalue weighted by Crippen LogP contribution is 2.24. The van der Waals surface area contributed by atoms with Gasteiger partial charge in [0, 0.05) is 30.4 Å². The lowest BCUT2D eigenvalue weighted by Gasteiger charge is -2.06. The van der Waals surface area contributed by atoms with E-state index in [4.69, 9.17) is 5.73 Å². The molecule has 0 unspecified atom stereocenters. The first-order valence-electron chi connectivity index (χ1n) is 6.42. The van der Waals surface area contributed by atoms with Gasteiger partial charge in [-0.25, -0.2) is 14.4 Å². The number of nitrogens with zero attached hydrogens (tertiary/aromatic N) is 4. The summed E-state index contributed by atoms with van der Waals surface area (Å²) in [7, 11) is 1.82. The Labute approximate surface area is 121 Å². The SMILES string of the molecule is Cc1cc(F)cc(-c2nc(N)cc(-c3cnn(C)c3)n2)c1. The average molecular weight is 283 g/mol. The molecule has 0 radical (unpaired) electrons. The lowest BCUT2D eigenvalue weighted by molar-refractivity contribution is 0.627. The van der Waals surface area contributed by atoms with Crippen LogP contribution in [-0.2, 0) is 7.05 Å². The van der Waals surface area contributed by atoms with Crippen molar-refractivity contribution < 1.29 is 4.39 Å². The molecule has 0 atom stereocenters. The molecule has 0 aliphatic heterocycles. The van der Waals surface area contributed by atoms with Gasteiger partial charge in [0.05, 0.1) is 11.9 Å². The molecule has 0 aliphatic rings. The van der Waals surface area contributed by atoms with E-state index in [-0.39, 0.29) is 5.82 Å². The zero-order chi connectivity index (χ0) is 15.0. The van der Waals surface area contributed by atoms with Gasteiger partial charge >= 0.3 is 0 Å². The second-order valence-electron chi connectivity index (χ2n) is 4.92. The Morgan fingerprint density at radius 2 is 1.90 bits per heavy atom. The van der Waals surface area contributed by atoms with Gasteiger partial charge in [-0.3, -0.25) is 4.68 Å². The number of rotatable bonds is 2. The summed E-state index contributed by atoms with van der Waals surface area (Å²) in [6.07, 6.45) is 3.53. The van der Waals surface area contributed by atoms with E-state index in [1.165, 1.54) is 12.1 Å². The minimum atomic E-state index is -0.320. The van der Waals surface area contributed by atoms with E-state index < -0.39 is 0 Å². The van der Waals surface area contributed by atoms with Crippen LogP contribution in [0.4, 0.5) is 10.2 Å². The van der Waals surface area contributed by atoms with Crippen LogP contribution in [-0.4, -0.2) is 19.7 Å². The molecule has 2 aromatic heterocycles. The predicted molar refractivity (Wildman–Crippen MR) is 78.8 cm³/mol. The summed E-state index contributed by atoms with van der Waals surface area (Å²) in [6, 6.07) is 6.35. The molecule has 0 fully saturated rings. The molecule has 0 saturated heterocycles. The Morgan fingerprint density at radius 1 is 1.10 bits per heavy atom. The predicted octanol–water partition coefficient (Wildman–Crippen LogP) is 2.57. The molecule has 0 aliphatic carbocycles. The first-order chi connectivity index (χ1) is 10.0. The second-order valence-corrected chi connectivity index (χ2v) is 4.92. The largest absolute Gasteiger partial charge is 0.384 e. The number of halogens is 1. The van der Waals surface area contributed by atoms with Crippen molar-refractivity contribution in [1.29, 1.82) is 0 Å². The van der Waals surface area contributed by atoms with Crippen LogP contribution < -0.4 is 5.73 Å². The fraction of sp³-hybridized carbons (Fsp3) is 0.133. The summed E-state index contributed by atoms with van der Waals surface area (Å²) in [5, 5.41) is 4.11. The maximum absolute atomic E-state index is 13.5. The van der Waals surface area contributed by atoms with E-state index >= 15 is 0 Å². The van der Waals surface area contributed by atoms with Crippen molar-refractivity contribution in [3.63, 3.8) is 0 Å². The summed E-state index contributed by atoms with van der Waals surface area (Å²) < 4.78 is 15.2. The van der Waals surface area contributed by atoms with Crippen molar-refractivity contribution in [3.05, 3.63) is 48.0 Å². The number of hydrogen-bond acceptors (Lipinski definition) is 4.